The SMILES string of the molecule is CCOc1ccc(O)cc1.O=C(O)CO. The van der Waals surface area contributed by atoms with E-state index in [9.17, 15) is 0 Å². The molecule has 0 heterocycles. The second-order valence-corrected chi connectivity index (χ2v) is 2.48. The fraction of sp³-hybridized carbons (Fsp3) is 0.300. The van der Waals surface area contributed by atoms with E-state index in [-0.39, 0.29) is 5.75 Å². The van der Waals surface area contributed by atoms with E-state index in [0.29, 0.717) is 6.61 Å². The number of carbonyl (C=O) groups is 1. The van der Waals surface area contributed by atoms with E-state index in [4.69, 9.17) is 24.9 Å². The Morgan fingerprint density at radius 2 is 1.80 bits per heavy atom. The van der Waals surface area contributed by atoms with Gasteiger partial charge in [0.15, 0.2) is 0 Å². The normalized spacial score (nSPS) is 8.67. The Kier molecular flexibility index (Phi) is 6.74. The van der Waals surface area contributed by atoms with Crippen LogP contribution in [0.2, 0.25) is 0 Å². The van der Waals surface area contributed by atoms with Crippen molar-refractivity contribution in [1.82, 2.24) is 0 Å². The van der Waals surface area contributed by atoms with Gasteiger partial charge in [0.1, 0.15) is 18.1 Å². The molecule has 0 amide bonds. The van der Waals surface area contributed by atoms with Gasteiger partial charge in [-0.15, -0.1) is 0 Å². The van der Waals surface area contributed by atoms with Gasteiger partial charge in [0.05, 0.1) is 6.61 Å². The Balaban J connectivity index is 0.000000336. The standard InChI is InChI=1S/C8H10O2.C2H4O3/c1-2-10-8-5-3-7(9)4-6-8;3-1-2(4)5/h3-6,9H,2H2,1H3;3H,1H2,(H,4,5). The van der Waals surface area contributed by atoms with Crippen molar-refractivity contribution in [3.8, 4) is 11.5 Å². The van der Waals surface area contributed by atoms with Crippen molar-refractivity contribution >= 4 is 5.97 Å². The summed E-state index contributed by atoms with van der Waals surface area (Å²) in [5.41, 5.74) is 0. The highest BCUT2D eigenvalue weighted by Crippen LogP contribution is 2.15. The molecule has 1 aromatic carbocycles. The number of phenols is 1. The monoisotopic (exact) mass is 214 g/mol. The van der Waals surface area contributed by atoms with E-state index in [1.165, 1.54) is 0 Å². The lowest BCUT2D eigenvalue weighted by Gasteiger charge is -2.00. The van der Waals surface area contributed by atoms with Gasteiger partial charge in [-0.1, -0.05) is 0 Å². The fourth-order valence-corrected chi connectivity index (χ4v) is 0.709. The summed E-state index contributed by atoms with van der Waals surface area (Å²) >= 11 is 0. The second-order valence-electron chi connectivity index (χ2n) is 2.48. The molecule has 5 nitrogen and oxygen atoms in total. The van der Waals surface area contributed by atoms with E-state index >= 15 is 0 Å². The summed E-state index contributed by atoms with van der Waals surface area (Å²) < 4.78 is 5.15. The highest BCUT2D eigenvalue weighted by Gasteiger charge is 1.89. The minimum atomic E-state index is -1.19. The van der Waals surface area contributed by atoms with Crippen LogP contribution in [0, 0.1) is 0 Å². The fourth-order valence-electron chi connectivity index (χ4n) is 0.709. The van der Waals surface area contributed by atoms with Gasteiger partial charge in [-0.05, 0) is 31.2 Å². The number of carboxylic acid groups (broad SMARTS) is 1. The summed E-state index contributed by atoms with van der Waals surface area (Å²) in [6.07, 6.45) is 0. The first-order valence-electron chi connectivity index (χ1n) is 4.34. The maximum Gasteiger partial charge on any atom is 0.329 e. The average Bonchev–Trinajstić information content (AvgIpc) is 2.23. The van der Waals surface area contributed by atoms with Gasteiger partial charge in [0.25, 0.3) is 0 Å². The zero-order valence-electron chi connectivity index (χ0n) is 8.38. The highest BCUT2D eigenvalue weighted by atomic mass is 16.5. The van der Waals surface area contributed by atoms with E-state index in [1.807, 2.05) is 6.92 Å². The number of aliphatic hydroxyl groups excluding tert-OH is 1. The molecule has 0 unspecified atom stereocenters. The van der Waals surface area contributed by atoms with Gasteiger partial charge >= 0.3 is 5.97 Å². The molecule has 0 atom stereocenters. The summed E-state index contributed by atoms with van der Waals surface area (Å²) in [5.74, 6) is -0.131. The van der Waals surface area contributed by atoms with E-state index in [2.05, 4.69) is 0 Å². The molecule has 0 aliphatic heterocycles. The number of aliphatic hydroxyl groups is 1. The third-order valence-corrected chi connectivity index (χ3v) is 1.28. The summed E-state index contributed by atoms with van der Waals surface area (Å²) in [6.45, 7) is 1.80. The number of hydrogen-bond donors (Lipinski definition) is 3. The van der Waals surface area contributed by atoms with Crippen LogP contribution in [0.3, 0.4) is 0 Å². The van der Waals surface area contributed by atoms with Gasteiger partial charge in [-0.3, -0.25) is 0 Å². The van der Waals surface area contributed by atoms with Crippen LogP contribution in [-0.4, -0.2) is 34.5 Å². The van der Waals surface area contributed by atoms with Crippen LogP contribution >= 0.6 is 0 Å². The van der Waals surface area contributed by atoms with Crippen LogP contribution < -0.4 is 4.74 Å². The zero-order valence-corrected chi connectivity index (χ0v) is 8.38. The van der Waals surface area contributed by atoms with Crippen molar-refractivity contribution in [3.63, 3.8) is 0 Å². The van der Waals surface area contributed by atoms with Crippen molar-refractivity contribution in [2.45, 2.75) is 6.92 Å². The molecule has 5 heteroatoms. The molecular weight excluding hydrogens is 200 g/mol. The van der Waals surface area contributed by atoms with Crippen molar-refractivity contribution in [1.29, 1.82) is 0 Å². The molecule has 3 N–H and O–H groups in total. The van der Waals surface area contributed by atoms with Crippen molar-refractivity contribution < 1.29 is 24.9 Å². The summed E-state index contributed by atoms with van der Waals surface area (Å²) in [7, 11) is 0. The van der Waals surface area contributed by atoms with Gasteiger partial charge in [0.2, 0.25) is 0 Å². The number of carboxylic acids is 1. The van der Waals surface area contributed by atoms with Gasteiger partial charge in [-0.25, -0.2) is 4.79 Å². The third kappa shape index (κ3) is 7.33. The van der Waals surface area contributed by atoms with Crippen molar-refractivity contribution in [3.05, 3.63) is 24.3 Å². The van der Waals surface area contributed by atoms with Crippen molar-refractivity contribution in [2.24, 2.45) is 0 Å². The lowest BCUT2D eigenvalue weighted by Crippen LogP contribution is -1.98. The first kappa shape index (κ1) is 13.2. The molecule has 15 heavy (non-hydrogen) atoms. The summed E-state index contributed by atoms with van der Waals surface area (Å²) in [5, 5.41) is 23.9. The Morgan fingerprint density at radius 1 is 1.33 bits per heavy atom. The van der Waals surface area contributed by atoms with Crippen LogP contribution in [0.25, 0.3) is 0 Å². The number of ether oxygens (including phenoxy) is 1. The first-order chi connectivity index (χ1) is 7.10. The minimum Gasteiger partial charge on any atom is -0.508 e. The molecule has 0 spiro atoms. The largest absolute Gasteiger partial charge is 0.508 e. The summed E-state index contributed by atoms with van der Waals surface area (Å²) in [6, 6.07) is 6.67. The lowest BCUT2D eigenvalue weighted by atomic mass is 10.3. The van der Waals surface area contributed by atoms with E-state index < -0.39 is 12.6 Å². The van der Waals surface area contributed by atoms with Gasteiger partial charge in [0, 0.05) is 0 Å². The predicted molar refractivity (Wildman–Crippen MR) is 54.0 cm³/mol. The van der Waals surface area contributed by atoms with Crippen LogP contribution in [0.15, 0.2) is 24.3 Å². The zero-order chi connectivity index (χ0) is 11.7. The smallest absolute Gasteiger partial charge is 0.329 e. The Hall–Kier alpha value is -1.75. The molecule has 0 aliphatic rings. The highest BCUT2D eigenvalue weighted by molar-refractivity contribution is 5.67. The van der Waals surface area contributed by atoms with Crippen LogP contribution in [0.1, 0.15) is 6.92 Å². The molecule has 0 aliphatic carbocycles. The molecule has 0 saturated heterocycles. The Labute approximate surface area is 87.6 Å². The number of rotatable bonds is 3. The lowest BCUT2D eigenvalue weighted by molar-refractivity contribution is -0.140. The average molecular weight is 214 g/mol. The number of aliphatic carboxylic acids is 1. The summed E-state index contributed by atoms with van der Waals surface area (Å²) in [4.78, 5) is 9.12. The van der Waals surface area contributed by atoms with Crippen LogP contribution in [0.5, 0.6) is 11.5 Å². The molecule has 0 radical (unpaired) electrons. The van der Waals surface area contributed by atoms with Crippen LogP contribution in [0.4, 0.5) is 0 Å². The number of aromatic hydroxyl groups is 1. The van der Waals surface area contributed by atoms with Crippen LogP contribution in [-0.2, 0) is 4.79 Å². The molecule has 0 fully saturated rings. The van der Waals surface area contributed by atoms with Gasteiger partial charge in [-0.2, -0.15) is 0 Å². The minimum absolute atomic E-state index is 0.267. The third-order valence-electron chi connectivity index (χ3n) is 1.28. The Bertz CT molecular complexity index is 280. The maximum absolute atomic E-state index is 9.12. The number of phenolic OH excluding ortho intramolecular Hbond substituents is 1. The van der Waals surface area contributed by atoms with E-state index in [0.717, 1.165) is 5.75 Å². The molecule has 0 saturated carbocycles. The quantitative estimate of drug-likeness (QED) is 0.694. The topological polar surface area (TPSA) is 87.0 Å². The Morgan fingerprint density at radius 3 is 2.13 bits per heavy atom. The first-order valence-corrected chi connectivity index (χ1v) is 4.34. The maximum atomic E-state index is 9.12. The molecule has 0 bridgehead atoms. The van der Waals surface area contributed by atoms with Gasteiger partial charge < -0.3 is 20.1 Å². The molecule has 0 aromatic heterocycles. The molecule has 1 rings (SSSR count). The van der Waals surface area contributed by atoms with E-state index in [1.54, 1.807) is 24.3 Å². The second kappa shape index (κ2) is 7.64. The molecule has 1 aromatic rings. The number of benzene rings is 1. The predicted octanol–water partition coefficient (Wildman–Crippen LogP) is 0.854. The molecule has 84 valence electrons. The van der Waals surface area contributed by atoms with Crippen molar-refractivity contribution in [2.75, 3.05) is 13.2 Å². The number of hydrogen-bond acceptors (Lipinski definition) is 4. The molecular formula is C10H14O5.